The lowest BCUT2D eigenvalue weighted by atomic mass is 9.96. The van der Waals surface area contributed by atoms with Crippen molar-refractivity contribution in [3.05, 3.63) is 94.7 Å². The molecular weight excluding hydrogens is 426 g/mol. The molecule has 1 aromatic heterocycles. The summed E-state index contributed by atoms with van der Waals surface area (Å²) in [6.45, 7) is 4.09. The Morgan fingerprint density at radius 3 is 1.97 bits per heavy atom. The Balaban J connectivity index is 1.48. The highest BCUT2D eigenvalue weighted by atomic mass is 32.2. The van der Waals surface area contributed by atoms with Gasteiger partial charge in [0.1, 0.15) is 22.7 Å². The lowest BCUT2D eigenvalue weighted by molar-refractivity contribution is 0.104. The summed E-state index contributed by atoms with van der Waals surface area (Å²) in [6.07, 6.45) is 1.93. The van der Waals surface area contributed by atoms with E-state index in [1.807, 2.05) is 18.4 Å². The van der Waals surface area contributed by atoms with Crippen LogP contribution >= 0.6 is 11.8 Å². The number of thioether (sulfide) groups is 1. The highest BCUT2D eigenvalue weighted by molar-refractivity contribution is 7.98. The van der Waals surface area contributed by atoms with E-state index in [1.54, 1.807) is 24.3 Å². The van der Waals surface area contributed by atoms with Gasteiger partial charge in [0.05, 0.1) is 17.3 Å². The van der Waals surface area contributed by atoms with Crippen LogP contribution in [0.4, 0.5) is 8.78 Å². The van der Waals surface area contributed by atoms with Crippen LogP contribution in [0.25, 0.3) is 0 Å². The zero-order valence-electron chi connectivity index (χ0n) is 17.8. The molecule has 32 heavy (non-hydrogen) atoms. The number of hydrogen-bond acceptors (Lipinski definition) is 5. The second kappa shape index (κ2) is 10.2. The van der Waals surface area contributed by atoms with E-state index in [-0.39, 0.29) is 17.7 Å². The summed E-state index contributed by atoms with van der Waals surface area (Å²) >= 11 is 1.48. The van der Waals surface area contributed by atoms with Crippen molar-refractivity contribution in [1.82, 2.24) is 14.8 Å². The molecule has 4 rings (SSSR count). The second-order valence-electron chi connectivity index (χ2n) is 7.79. The van der Waals surface area contributed by atoms with Gasteiger partial charge in [-0.3, -0.25) is 9.80 Å². The Morgan fingerprint density at radius 1 is 0.906 bits per heavy atom. The van der Waals surface area contributed by atoms with Crippen molar-refractivity contribution in [2.75, 3.05) is 32.4 Å². The maximum absolute atomic E-state index is 13.5. The fourth-order valence-electron chi connectivity index (χ4n) is 4.12. The van der Waals surface area contributed by atoms with Gasteiger partial charge in [0, 0.05) is 32.7 Å². The molecule has 0 aliphatic carbocycles. The van der Waals surface area contributed by atoms with Crippen LogP contribution in [0.3, 0.4) is 0 Å². The highest BCUT2D eigenvalue weighted by Gasteiger charge is 2.27. The van der Waals surface area contributed by atoms with Crippen LogP contribution in [0, 0.1) is 23.0 Å². The molecule has 2 heterocycles. The van der Waals surface area contributed by atoms with E-state index in [9.17, 15) is 14.0 Å². The van der Waals surface area contributed by atoms with E-state index in [0.29, 0.717) is 5.56 Å². The van der Waals surface area contributed by atoms with E-state index in [2.05, 4.69) is 20.9 Å². The first kappa shape index (κ1) is 22.4. The summed E-state index contributed by atoms with van der Waals surface area (Å²) in [6, 6.07) is 19.0. The number of halogens is 2. The van der Waals surface area contributed by atoms with Crippen LogP contribution < -0.4 is 0 Å². The summed E-state index contributed by atoms with van der Waals surface area (Å²) in [7, 11) is 0. The molecule has 0 saturated carbocycles. The van der Waals surface area contributed by atoms with Gasteiger partial charge in [0.25, 0.3) is 0 Å². The van der Waals surface area contributed by atoms with Crippen molar-refractivity contribution in [2.45, 2.75) is 17.6 Å². The minimum Gasteiger partial charge on any atom is -0.295 e. The average molecular weight is 451 g/mol. The van der Waals surface area contributed by atoms with Gasteiger partial charge in [-0.05, 0) is 53.8 Å². The zero-order valence-corrected chi connectivity index (χ0v) is 18.7. The fourth-order valence-corrected chi connectivity index (χ4v) is 4.66. The molecule has 0 unspecified atom stereocenters. The van der Waals surface area contributed by atoms with Gasteiger partial charge < -0.3 is 0 Å². The normalized spacial score (nSPS) is 15.1. The van der Waals surface area contributed by atoms with Gasteiger partial charge in [0.2, 0.25) is 0 Å². The molecular formula is C25H24F2N4S. The Bertz CT molecular complexity index is 1040. The Morgan fingerprint density at radius 2 is 1.47 bits per heavy atom. The topological polar surface area (TPSA) is 43.2 Å². The van der Waals surface area contributed by atoms with Crippen molar-refractivity contribution in [3.8, 4) is 6.07 Å². The van der Waals surface area contributed by atoms with Crippen LogP contribution in [0.1, 0.15) is 28.4 Å². The van der Waals surface area contributed by atoms with Crippen molar-refractivity contribution in [2.24, 2.45) is 0 Å². The van der Waals surface area contributed by atoms with Crippen LogP contribution in [-0.4, -0.2) is 47.2 Å². The SMILES string of the molecule is CSc1nc(CN2CCN(C(c3ccc(F)cc3)c3ccc(F)cc3)CC2)ccc1C#N. The summed E-state index contributed by atoms with van der Waals surface area (Å²) in [5, 5.41) is 9.96. The third-order valence-electron chi connectivity index (χ3n) is 5.76. The smallest absolute Gasteiger partial charge is 0.123 e. The minimum absolute atomic E-state index is 0.0607. The van der Waals surface area contributed by atoms with Crippen molar-refractivity contribution < 1.29 is 8.78 Å². The molecule has 0 radical (unpaired) electrons. The molecule has 164 valence electrons. The largest absolute Gasteiger partial charge is 0.295 e. The average Bonchev–Trinajstić information content (AvgIpc) is 2.82. The highest BCUT2D eigenvalue weighted by Crippen LogP contribution is 2.30. The van der Waals surface area contributed by atoms with Gasteiger partial charge in [-0.15, -0.1) is 11.8 Å². The Hall–Kier alpha value is -2.79. The van der Waals surface area contributed by atoms with Crippen LogP contribution in [0.5, 0.6) is 0 Å². The van der Waals surface area contributed by atoms with E-state index in [0.717, 1.165) is 54.6 Å². The molecule has 1 saturated heterocycles. The molecule has 7 heteroatoms. The summed E-state index contributed by atoms with van der Waals surface area (Å²) in [4.78, 5) is 9.34. The Labute approximate surface area is 191 Å². The van der Waals surface area contributed by atoms with Crippen LogP contribution in [-0.2, 0) is 6.54 Å². The summed E-state index contributed by atoms with van der Waals surface area (Å²) in [5.41, 5.74) is 3.54. The number of hydrogen-bond donors (Lipinski definition) is 0. The number of piperazine rings is 1. The fraction of sp³-hybridized carbons (Fsp3) is 0.280. The number of nitriles is 1. The maximum Gasteiger partial charge on any atom is 0.123 e. The number of aromatic nitrogens is 1. The molecule has 0 bridgehead atoms. The van der Waals surface area contributed by atoms with Crippen molar-refractivity contribution in [1.29, 1.82) is 5.26 Å². The summed E-state index contributed by atoms with van der Waals surface area (Å²) in [5.74, 6) is -0.535. The van der Waals surface area contributed by atoms with Gasteiger partial charge in [-0.1, -0.05) is 24.3 Å². The molecule has 1 aliphatic rings. The third kappa shape index (κ3) is 5.16. The van der Waals surface area contributed by atoms with Crippen LogP contribution in [0.15, 0.2) is 65.7 Å². The molecule has 0 spiro atoms. The quantitative estimate of drug-likeness (QED) is 0.502. The molecule has 4 nitrogen and oxygen atoms in total. The van der Waals surface area contributed by atoms with E-state index in [4.69, 9.17) is 0 Å². The van der Waals surface area contributed by atoms with Crippen LogP contribution in [0.2, 0.25) is 0 Å². The van der Waals surface area contributed by atoms with Gasteiger partial charge in [-0.25, -0.2) is 13.8 Å². The number of nitrogens with zero attached hydrogens (tertiary/aromatic N) is 4. The van der Waals surface area contributed by atoms with E-state index >= 15 is 0 Å². The Kier molecular flexibility index (Phi) is 7.15. The maximum atomic E-state index is 13.5. The van der Waals surface area contributed by atoms with Crippen molar-refractivity contribution in [3.63, 3.8) is 0 Å². The van der Waals surface area contributed by atoms with E-state index < -0.39 is 0 Å². The monoisotopic (exact) mass is 450 g/mol. The molecule has 1 fully saturated rings. The molecule has 1 aliphatic heterocycles. The minimum atomic E-state index is -0.268. The zero-order chi connectivity index (χ0) is 22.5. The number of rotatable bonds is 6. The predicted octanol–water partition coefficient (Wildman–Crippen LogP) is 4.86. The van der Waals surface area contributed by atoms with Gasteiger partial charge in [0.15, 0.2) is 0 Å². The number of benzene rings is 2. The standard InChI is InChI=1S/C25H24F2N4S/c1-32-25-20(16-28)6-11-23(29-25)17-30-12-14-31(15-13-30)24(18-2-7-21(26)8-3-18)19-4-9-22(27)10-5-19/h2-11,24H,12-15,17H2,1H3. The molecule has 2 aromatic carbocycles. The van der Waals surface area contributed by atoms with Gasteiger partial charge in [-0.2, -0.15) is 5.26 Å². The number of pyridine rings is 1. The first-order valence-electron chi connectivity index (χ1n) is 10.5. The van der Waals surface area contributed by atoms with E-state index in [1.165, 1.54) is 36.0 Å². The predicted molar refractivity (Wildman–Crippen MR) is 122 cm³/mol. The summed E-state index contributed by atoms with van der Waals surface area (Å²) < 4.78 is 27.0. The second-order valence-corrected chi connectivity index (χ2v) is 8.58. The lowest BCUT2D eigenvalue weighted by Gasteiger charge is -2.39. The van der Waals surface area contributed by atoms with Gasteiger partial charge >= 0.3 is 0 Å². The third-order valence-corrected chi connectivity index (χ3v) is 6.46. The first-order chi connectivity index (χ1) is 15.6. The molecule has 0 amide bonds. The first-order valence-corrected chi connectivity index (χ1v) is 11.7. The molecule has 0 N–H and O–H groups in total. The van der Waals surface area contributed by atoms with Crippen molar-refractivity contribution >= 4 is 11.8 Å². The molecule has 3 aromatic rings. The lowest BCUT2D eigenvalue weighted by Crippen LogP contribution is -2.47. The molecule has 0 atom stereocenters.